The maximum absolute atomic E-state index is 5.47. The molecule has 3 heteroatoms. The van der Waals surface area contributed by atoms with Gasteiger partial charge in [-0.1, -0.05) is 6.92 Å². The molecule has 0 radical (unpaired) electrons. The quantitative estimate of drug-likeness (QED) is 0.735. The lowest BCUT2D eigenvalue weighted by Crippen LogP contribution is -2.55. The van der Waals surface area contributed by atoms with Crippen molar-refractivity contribution in [2.45, 2.75) is 38.8 Å². The van der Waals surface area contributed by atoms with Crippen LogP contribution in [0.1, 0.15) is 27.2 Å². The number of nitrogens with one attached hydrogen (secondary N) is 1. The van der Waals surface area contributed by atoms with Gasteiger partial charge in [0.1, 0.15) is 0 Å². The molecule has 1 heterocycles. The van der Waals surface area contributed by atoms with Crippen LogP contribution in [0.2, 0.25) is 0 Å². The summed E-state index contributed by atoms with van der Waals surface area (Å²) in [5.41, 5.74) is -0.0231. The zero-order valence-electron chi connectivity index (χ0n) is 9.97. The highest BCUT2D eigenvalue weighted by Gasteiger charge is 2.27. The van der Waals surface area contributed by atoms with Crippen molar-refractivity contribution in [3.8, 4) is 0 Å². The molecule has 0 bridgehead atoms. The number of methoxy groups -OCH3 is 1. The molecule has 1 saturated heterocycles. The molecule has 1 unspecified atom stereocenters. The van der Waals surface area contributed by atoms with Crippen molar-refractivity contribution in [1.82, 2.24) is 10.2 Å². The van der Waals surface area contributed by atoms with Crippen molar-refractivity contribution in [2.24, 2.45) is 0 Å². The van der Waals surface area contributed by atoms with Gasteiger partial charge in [-0.05, 0) is 20.3 Å². The third kappa shape index (κ3) is 3.23. The first-order valence-corrected chi connectivity index (χ1v) is 5.59. The molecular formula is C11H24N2O. The summed E-state index contributed by atoms with van der Waals surface area (Å²) < 4.78 is 5.47. The van der Waals surface area contributed by atoms with E-state index in [0.717, 1.165) is 26.2 Å². The molecule has 0 spiro atoms. The van der Waals surface area contributed by atoms with E-state index in [9.17, 15) is 0 Å². The van der Waals surface area contributed by atoms with Crippen LogP contribution in [-0.4, -0.2) is 49.8 Å². The van der Waals surface area contributed by atoms with Gasteiger partial charge < -0.3 is 10.1 Å². The van der Waals surface area contributed by atoms with E-state index in [0.29, 0.717) is 6.04 Å². The van der Waals surface area contributed by atoms with E-state index < -0.39 is 0 Å². The summed E-state index contributed by atoms with van der Waals surface area (Å²) in [4.78, 5) is 2.54. The summed E-state index contributed by atoms with van der Waals surface area (Å²) >= 11 is 0. The summed E-state index contributed by atoms with van der Waals surface area (Å²) in [7, 11) is 1.79. The summed E-state index contributed by atoms with van der Waals surface area (Å²) in [5.74, 6) is 0. The Labute approximate surface area is 87.8 Å². The third-order valence-corrected chi connectivity index (χ3v) is 3.08. The predicted octanol–water partition coefficient (Wildman–Crippen LogP) is 1.10. The maximum atomic E-state index is 5.47. The Hall–Kier alpha value is -0.120. The Morgan fingerprint density at radius 1 is 1.50 bits per heavy atom. The molecule has 1 aliphatic heterocycles. The molecule has 0 aromatic carbocycles. The first-order chi connectivity index (χ1) is 6.59. The summed E-state index contributed by atoms with van der Waals surface area (Å²) in [6.45, 7) is 11.0. The van der Waals surface area contributed by atoms with E-state index in [1.807, 2.05) is 0 Å². The molecule has 14 heavy (non-hydrogen) atoms. The Balaban J connectivity index is 2.48. The number of hydrogen-bond donors (Lipinski definition) is 1. The first-order valence-electron chi connectivity index (χ1n) is 5.59. The van der Waals surface area contributed by atoms with Crippen LogP contribution in [0, 0.1) is 0 Å². The Morgan fingerprint density at radius 3 is 2.79 bits per heavy atom. The highest BCUT2D eigenvalue weighted by atomic mass is 16.5. The molecule has 3 nitrogen and oxygen atoms in total. The minimum atomic E-state index is -0.0231. The zero-order valence-corrected chi connectivity index (χ0v) is 9.97. The lowest BCUT2D eigenvalue weighted by atomic mass is 10.0. The van der Waals surface area contributed by atoms with E-state index in [1.165, 1.54) is 6.42 Å². The second-order valence-electron chi connectivity index (χ2n) is 4.70. The number of rotatable bonds is 4. The highest BCUT2D eigenvalue weighted by molar-refractivity contribution is 4.83. The fourth-order valence-corrected chi connectivity index (χ4v) is 1.97. The largest absolute Gasteiger partial charge is 0.377 e. The first kappa shape index (κ1) is 12.0. The van der Waals surface area contributed by atoms with E-state index in [1.54, 1.807) is 7.11 Å². The van der Waals surface area contributed by atoms with Crippen molar-refractivity contribution in [3.63, 3.8) is 0 Å². The van der Waals surface area contributed by atoms with Crippen LogP contribution < -0.4 is 5.32 Å². The monoisotopic (exact) mass is 200 g/mol. The average molecular weight is 200 g/mol. The molecule has 1 fully saturated rings. The maximum Gasteiger partial charge on any atom is 0.0749 e. The molecule has 1 rings (SSSR count). The molecule has 0 amide bonds. The molecule has 0 aromatic heterocycles. The Kier molecular flexibility index (Phi) is 4.35. The van der Waals surface area contributed by atoms with Crippen LogP contribution in [0.15, 0.2) is 0 Å². The zero-order chi connectivity index (χ0) is 10.6. The van der Waals surface area contributed by atoms with Gasteiger partial charge in [0.2, 0.25) is 0 Å². The second kappa shape index (κ2) is 5.10. The minimum Gasteiger partial charge on any atom is -0.377 e. The van der Waals surface area contributed by atoms with Gasteiger partial charge in [0.15, 0.2) is 0 Å². The molecule has 0 saturated carbocycles. The molecular weight excluding hydrogens is 176 g/mol. The van der Waals surface area contributed by atoms with Crippen LogP contribution >= 0.6 is 0 Å². The van der Waals surface area contributed by atoms with Crippen LogP contribution in [0.4, 0.5) is 0 Å². The average Bonchev–Trinajstić information content (AvgIpc) is 2.18. The van der Waals surface area contributed by atoms with Crippen molar-refractivity contribution in [1.29, 1.82) is 0 Å². The Morgan fingerprint density at radius 2 is 2.21 bits per heavy atom. The fraction of sp³-hybridized carbons (Fsp3) is 1.00. The third-order valence-electron chi connectivity index (χ3n) is 3.08. The molecule has 0 aliphatic carbocycles. The fourth-order valence-electron chi connectivity index (χ4n) is 1.97. The summed E-state index contributed by atoms with van der Waals surface area (Å²) in [6.07, 6.45) is 1.22. The SMILES string of the molecule is CCC1CNCCN1CC(C)(C)OC. The van der Waals surface area contributed by atoms with Gasteiger partial charge in [0.25, 0.3) is 0 Å². The van der Waals surface area contributed by atoms with Crippen LogP contribution in [0.25, 0.3) is 0 Å². The van der Waals surface area contributed by atoms with Crippen molar-refractivity contribution in [2.75, 3.05) is 33.3 Å². The molecule has 1 atom stereocenters. The summed E-state index contributed by atoms with van der Waals surface area (Å²) in [6, 6.07) is 0.679. The van der Waals surface area contributed by atoms with E-state index in [2.05, 4.69) is 31.0 Å². The van der Waals surface area contributed by atoms with Gasteiger partial charge in [-0.15, -0.1) is 0 Å². The van der Waals surface area contributed by atoms with Crippen molar-refractivity contribution >= 4 is 0 Å². The van der Waals surface area contributed by atoms with E-state index >= 15 is 0 Å². The van der Waals surface area contributed by atoms with Crippen LogP contribution in [-0.2, 0) is 4.74 Å². The van der Waals surface area contributed by atoms with Gasteiger partial charge in [-0.2, -0.15) is 0 Å². The smallest absolute Gasteiger partial charge is 0.0749 e. The summed E-state index contributed by atoms with van der Waals surface area (Å²) in [5, 5.41) is 3.44. The van der Waals surface area contributed by atoms with Crippen molar-refractivity contribution < 1.29 is 4.74 Å². The molecule has 1 aliphatic rings. The minimum absolute atomic E-state index is 0.0231. The van der Waals surface area contributed by atoms with Crippen LogP contribution in [0.3, 0.4) is 0 Å². The standard InChI is InChI=1S/C11H24N2O/c1-5-10-8-12-6-7-13(10)9-11(2,3)14-4/h10,12H,5-9H2,1-4H3. The molecule has 84 valence electrons. The van der Waals surface area contributed by atoms with E-state index in [4.69, 9.17) is 4.74 Å². The lowest BCUT2D eigenvalue weighted by molar-refractivity contribution is -0.0224. The van der Waals surface area contributed by atoms with Gasteiger partial charge in [-0.3, -0.25) is 4.90 Å². The van der Waals surface area contributed by atoms with Gasteiger partial charge in [0.05, 0.1) is 5.60 Å². The van der Waals surface area contributed by atoms with Gasteiger partial charge >= 0.3 is 0 Å². The highest BCUT2D eigenvalue weighted by Crippen LogP contribution is 2.15. The normalized spacial score (nSPS) is 25.3. The van der Waals surface area contributed by atoms with Gasteiger partial charge in [0, 0.05) is 39.3 Å². The molecule has 1 N–H and O–H groups in total. The van der Waals surface area contributed by atoms with Gasteiger partial charge in [-0.25, -0.2) is 0 Å². The lowest BCUT2D eigenvalue weighted by Gasteiger charge is -2.40. The second-order valence-corrected chi connectivity index (χ2v) is 4.70. The number of ether oxygens (including phenoxy) is 1. The van der Waals surface area contributed by atoms with E-state index in [-0.39, 0.29) is 5.60 Å². The topological polar surface area (TPSA) is 24.5 Å². The van der Waals surface area contributed by atoms with Crippen molar-refractivity contribution in [3.05, 3.63) is 0 Å². The number of hydrogen-bond acceptors (Lipinski definition) is 3. The Bertz CT molecular complexity index is 171. The number of nitrogens with zero attached hydrogens (tertiary/aromatic N) is 1. The van der Waals surface area contributed by atoms with Crippen LogP contribution in [0.5, 0.6) is 0 Å². The predicted molar refractivity (Wildman–Crippen MR) is 59.6 cm³/mol. The molecule has 0 aromatic rings. The number of piperazine rings is 1.